The summed E-state index contributed by atoms with van der Waals surface area (Å²) in [5.41, 5.74) is -0.501. The zero-order valence-electron chi connectivity index (χ0n) is 17.6. The van der Waals surface area contributed by atoms with E-state index in [1.54, 1.807) is 0 Å². The smallest absolute Gasteiger partial charge is 0.322 e. The van der Waals surface area contributed by atoms with E-state index < -0.39 is 5.54 Å². The van der Waals surface area contributed by atoms with Gasteiger partial charge < -0.3 is 20.3 Å². The van der Waals surface area contributed by atoms with Gasteiger partial charge in [-0.15, -0.1) is 24.0 Å². The van der Waals surface area contributed by atoms with Gasteiger partial charge in [0.1, 0.15) is 5.54 Å². The van der Waals surface area contributed by atoms with Crippen LogP contribution in [0.15, 0.2) is 4.99 Å². The number of imide groups is 1. The number of rotatable bonds is 4. The average Bonchev–Trinajstić information content (AvgIpc) is 2.89. The fourth-order valence-corrected chi connectivity index (χ4v) is 5.61. The second-order valence-electron chi connectivity index (χ2n) is 8.88. The first-order valence-electron chi connectivity index (χ1n) is 10.7. The number of ether oxygens (including phenoxy) is 1. The highest BCUT2D eigenvalue weighted by Crippen LogP contribution is 2.57. The van der Waals surface area contributed by atoms with Crippen LogP contribution in [0.5, 0.6) is 0 Å². The van der Waals surface area contributed by atoms with Crippen LogP contribution in [0.3, 0.4) is 0 Å². The molecule has 4 fully saturated rings. The molecule has 1 spiro atoms. The van der Waals surface area contributed by atoms with Gasteiger partial charge in [-0.05, 0) is 51.9 Å². The number of urea groups is 1. The average molecular weight is 519 g/mol. The van der Waals surface area contributed by atoms with Gasteiger partial charge in [0.05, 0.1) is 6.10 Å². The Labute approximate surface area is 190 Å². The van der Waals surface area contributed by atoms with Gasteiger partial charge in [0.25, 0.3) is 5.91 Å². The van der Waals surface area contributed by atoms with Crippen molar-refractivity contribution >= 4 is 41.9 Å². The summed E-state index contributed by atoms with van der Waals surface area (Å²) in [6.07, 6.45) is 6.90. The number of piperidine rings is 1. The second-order valence-corrected chi connectivity index (χ2v) is 8.88. The van der Waals surface area contributed by atoms with Gasteiger partial charge in [-0.2, -0.15) is 0 Å². The van der Waals surface area contributed by atoms with E-state index in [0.29, 0.717) is 17.6 Å². The lowest BCUT2D eigenvalue weighted by Gasteiger charge is -2.61. The topological polar surface area (TPSA) is 95.1 Å². The minimum atomic E-state index is -0.797. The molecule has 0 bridgehead atoms. The van der Waals surface area contributed by atoms with Crippen molar-refractivity contribution in [1.29, 1.82) is 0 Å². The van der Waals surface area contributed by atoms with E-state index in [0.717, 1.165) is 44.9 Å². The molecule has 4 aliphatic rings. The van der Waals surface area contributed by atoms with E-state index in [-0.39, 0.29) is 41.8 Å². The van der Waals surface area contributed by atoms with Crippen molar-refractivity contribution in [2.75, 3.05) is 26.7 Å². The van der Waals surface area contributed by atoms with Crippen LogP contribution >= 0.6 is 24.0 Å². The molecule has 3 N–H and O–H groups in total. The Hall–Kier alpha value is -1.10. The number of hydrogen-bond acceptors (Lipinski definition) is 4. The van der Waals surface area contributed by atoms with E-state index in [1.165, 1.54) is 19.3 Å². The van der Waals surface area contributed by atoms with Crippen molar-refractivity contribution in [2.24, 2.45) is 16.3 Å². The first kappa shape index (κ1) is 22.6. The monoisotopic (exact) mass is 519 g/mol. The molecule has 29 heavy (non-hydrogen) atoms. The van der Waals surface area contributed by atoms with Gasteiger partial charge in [0.15, 0.2) is 5.96 Å². The van der Waals surface area contributed by atoms with Crippen LogP contribution < -0.4 is 16.0 Å². The van der Waals surface area contributed by atoms with Crippen molar-refractivity contribution in [1.82, 2.24) is 20.9 Å². The van der Waals surface area contributed by atoms with Gasteiger partial charge in [-0.3, -0.25) is 15.1 Å². The summed E-state index contributed by atoms with van der Waals surface area (Å²) in [4.78, 5) is 30.6. The first-order chi connectivity index (χ1) is 13.4. The van der Waals surface area contributed by atoms with E-state index in [1.807, 2.05) is 14.0 Å². The Kier molecular flexibility index (Phi) is 6.67. The summed E-state index contributed by atoms with van der Waals surface area (Å²) in [6.45, 7) is 6.35. The number of carbonyl (C=O) groups excluding carboxylic acids is 2. The maximum atomic E-state index is 12.2. The summed E-state index contributed by atoms with van der Waals surface area (Å²) < 4.78 is 5.96. The van der Waals surface area contributed by atoms with Crippen LogP contribution in [0.4, 0.5) is 4.79 Å². The molecule has 0 aromatic carbocycles. The van der Waals surface area contributed by atoms with Crippen LogP contribution in [0, 0.1) is 11.3 Å². The molecule has 2 aliphatic carbocycles. The largest absolute Gasteiger partial charge is 0.378 e. The fourth-order valence-electron chi connectivity index (χ4n) is 5.61. The molecule has 0 radical (unpaired) electrons. The van der Waals surface area contributed by atoms with E-state index in [9.17, 15) is 9.59 Å². The standard InChI is InChI=1S/C20H33N5O3.HI/c1-4-28-15-12-14(20(15)8-5-9-20)22-17(21-3)25-10-6-13(7-11-25)19(2)16(26)23-18(27)24-19;/h13-15H,4-12H2,1-3H3,(H,21,22)(H2,23,24,26,27);1H. The zero-order chi connectivity index (χ0) is 19.9. The Morgan fingerprint density at radius 2 is 2.00 bits per heavy atom. The maximum absolute atomic E-state index is 12.2. The van der Waals surface area contributed by atoms with Gasteiger partial charge in [0, 0.05) is 38.2 Å². The normalized spacial score (nSPS) is 34.0. The predicted octanol–water partition coefficient (Wildman–Crippen LogP) is 1.84. The Bertz CT molecular complexity index is 675. The highest BCUT2D eigenvalue weighted by Gasteiger charge is 2.59. The number of halogens is 1. The van der Waals surface area contributed by atoms with Crippen molar-refractivity contribution in [2.45, 2.75) is 70.1 Å². The predicted molar refractivity (Wildman–Crippen MR) is 121 cm³/mol. The zero-order valence-corrected chi connectivity index (χ0v) is 20.0. The molecule has 9 heteroatoms. The van der Waals surface area contributed by atoms with Crippen molar-refractivity contribution < 1.29 is 14.3 Å². The Balaban J connectivity index is 0.00000240. The molecule has 3 atom stereocenters. The molecule has 2 saturated carbocycles. The van der Waals surface area contributed by atoms with Crippen LogP contribution in [0.25, 0.3) is 0 Å². The van der Waals surface area contributed by atoms with Gasteiger partial charge >= 0.3 is 6.03 Å². The van der Waals surface area contributed by atoms with Crippen LogP contribution in [0.1, 0.15) is 52.4 Å². The molecule has 4 rings (SSSR count). The second kappa shape index (κ2) is 8.56. The number of hydrogen-bond donors (Lipinski definition) is 3. The molecule has 164 valence electrons. The fraction of sp³-hybridized carbons (Fsp3) is 0.850. The molecule has 3 unspecified atom stereocenters. The van der Waals surface area contributed by atoms with Crippen LogP contribution in [-0.2, 0) is 9.53 Å². The molecule has 2 heterocycles. The molecule has 2 aliphatic heterocycles. The van der Waals surface area contributed by atoms with Gasteiger partial charge in [0.2, 0.25) is 0 Å². The number of guanidine groups is 1. The lowest BCUT2D eigenvalue weighted by molar-refractivity contribution is -0.169. The minimum absolute atomic E-state index is 0. The summed E-state index contributed by atoms with van der Waals surface area (Å²) in [7, 11) is 1.84. The molecule has 3 amide bonds. The number of nitrogens with zero attached hydrogens (tertiary/aromatic N) is 2. The van der Waals surface area contributed by atoms with Crippen molar-refractivity contribution in [3.8, 4) is 0 Å². The minimum Gasteiger partial charge on any atom is -0.378 e. The summed E-state index contributed by atoms with van der Waals surface area (Å²) in [6, 6.07) is 0.0543. The molecule has 0 aromatic rings. The van der Waals surface area contributed by atoms with E-state index in [2.05, 4.69) is 32.8 Å². The number of likely N-dealkylation sites (tertiary alicyclic amines) is 1. The summed E-state index contributed by atoms with van der Waals surface area (Å²) >= 11 is 0. The third-order valence-electron chi connectivity index (χ3n) is 7.64. The van der Waals surface area contributed by atoms with E-state index in [4.69, 9.17) is 4.74 Å². The van der Waals surface area contributed by atoms with Crippen molar-refractivity contribution in [3.05, 3.63) is 0 Å². The lowest BCUT2D eigenvalue weighted by atomic mass is 9.51. The molecular weight excluding hydrogens is 485 g/mol. The molecular formula is C20H34IN5O3. The molecule has 2 saturated heterocycles. The Morgan fingerprint density at radius 1 is 1.31 bits per heavy atom. The number of aliphatic imine (C=N–C) groups is 1. The van der Waals surface area contributed by atoms with Crippen LogP contribution in [0.2, 0.25) is 0 Å². The highest BCUT2D eigenvalue weighted by molar-refractivity contribution is 14.0. The third-order valence-corrected chi connectivity index (χ3v) is 7.64. The van der Waals surface area contributed by atoms with Gasteiger partial charge in [-0.25, -0.2) is 4.79 Å². The summed E-state index contributed by atoms with van der Waals surface area (Å²) in [5.74, 6) is 0.883. The maximum Gasteiger partial charge on any atom is 0.322 e. The Morgan fingerprint density at radius 3 is 2.48 bits per heavy atom. The third kappa shape index (κ3) is 3.73. The molecule has 0 aromatic heterocycles. The highest BCUT2D eigenvalue weighted by atomic mass is 127. The first-order valence-corrected chi connectivity index (χ1v) is 10.7. The lowest BCUT2D eigenvalue weighted by Crippen LogP contribution is -2.69. The van der Waals surface area contributed by atoms with Crippen molar-refractivity contribution in [3.63, 3.8) is 0 Å². The number of amides is 3. The van der Waals surface area contributed by atoms with Crippen LogP contribution in [-0.4, -0.2) is 67.2 Å². The quantitative estimate of drug-likeness (QED) is 0.228. The number of nitrogens with one attached hydrogen (secondary N) is 3. The number of carbonyl (C=O) groups is 2. The SMILES string of the molecule is CCOC1CC(NC(=NC)N2CCC(C3(C)NC(=O)NC3=O)CC2)C12CCC2.I. The molecule has 8 nitrogen and oxygen atoms in total. The van der Waals surface area contributed by atoms with Gasteiger partial charge in [-0.1, -0.05) is 6.42 Å². The summed E-state index contributed by atoms with van der Waals surface area (Å²) in [5, 5.41) is 8.91. The van der Waals surface area contributed by atoms with E-state index >= 15 is 0 Å².